The van der Waals surface area contributed by atoms with Crippen LogP contribution in [-0.4, -0.2) is 24.3 Å². The molecule has 0 saturated carbocycles. The number of hydrogen-bond donors (Lipinski definition) is 2. The summed E-state index contributed by atoms with van der Waals surface area (Å²) in [4.78, 5) is 28.3. The molecule has 0 spiro atoms. The summed E-state index contributed by atoms with van der Waals surface area (Å²) < 4.78 is 0. The van der Waals surface area contributed by atoms with E-state index in [0.717, 1.165) is 41.1 Å². The molecule has 2 N–H and O–H groups in total. The fourth-order valence-electron chi connectivity index (χ4n) is 4.78. The van der Waals surface area contributed by atoms with E-state index in [-0.39, 0.29) is 29.7 Å². The average Bonchev–Trinajstić information content (AvgIpc) is 2.86. The lowest BCUT2D eigenvalue weighted by Crippen LogP contribution is -2.46. The number of para-hydroxylation sites is 2. The van der Waals surface area contributed by atoms with Crippen LogP contribution in [-0.2, 0) is 16.1 Å². The van der Waals surface area contributed by atoms with Crippen molar-refractivity contribution in [1.29, 1.82) is 0 Å². The first-order valence-electron chi connectivity index (χ1n) is 11.2. The molecule has 1 unspecified atom stereocenters. The number of carbonyl (C=O) groups is 2. The molecular formula is C26H30ClN3O2. The first-order chi connectivity index (χ1) is 15.3. The van der Waals surface area contributed by atoms with Gasteiger partial charge in [-0.15, -0.1) is 0 Å². The van der Waals surface area contributed by atoms with Gasteiger partial charge in [-0.25, -0.2) is 0 Å². The van der Waals surface area contributed by atoms with E-state index < -0.39 is 0 Å². The highest BCUT2D eigenvalue weighted by Crippen LogP contribution is 2.44. The normalized spacial score (nSPS) is 19.6. The topological polar surface area (TPSA) is 61.4 Å². The predicted molar refractivity (Wildman–Crippen MR) is 130 cm³/mol. The molecule has 5 nitrogen and oxygen atoms in total. The second kappa shape index (κ2) is 8.99. The van der Waals surface area contributed by atoms with Gasteiger partial charge in [0.1, 0.15) is 0 Å². The van der Waals surface area contributed by atoms with Gasteiger partial charge in [-0.2, -0.15) is 0 Å². The molecule has 0 aromatic heterocycles. The molecule has 0 radical (unpaired) electrons. The number of anilines is 2. The number of halogens is 1. The SMILES string of the molecule is CCC1C2=C(CC(C)(C)CC2=O)Nc2ccccc2N1CC(=O)NCc1ccc(Cl)cc1. The van der Waals surface area contributed by atoms with Gasteiger partial charge in [-0.05, 0) is 48.1 Å². The highest BCUT2D eigenvalue weighted by atomic mass is 35.5. The van der Waals surface area contributed by atoms with Gasteiger partial charge in [0.25, 0.3) is 0 Å². The number of hydrogen-bond acceptors (Lipinski definition) is 4. The third-order valence-corrected chi connectivity index (χ3v) is 6.48. The highest BCUT2D eigenvalue weighted by Gasteiger charge is 2.40. The van der Waals surface area contributed by atoms with Crippen LogP contribution in [0, 0.1) is 5.41 Å². The molecule has 32 heavy (non-hydrogen) atoms. The summed E-state index contributed by atoms with van der Waals surface area (Å²) in [6, 6.07) is 15.3. The van der Waals surface area contributed by atoms with Crippen LogP contribution in [0.1, 0.15) is 45.6 Å². The number of ketones is 1. The van der Waals surface area contributed by atoms with Gasteiger partial charge >= 0.3 is 0 Å². The lowest BCUT2D eigenvalue weighted by atomic mass is 9.74. The van der Waals surface area contributed by atoms with Crippen LogP contribution in [0.25, 0.3) is 0 Å². The quantitative estimate of drug-likeness (QED) is 0.646. The molecule has 1 aliphatic heterocycles. The Balaban J connectivity index is 1.62. The Bertz CT molecular complexity index is 1060. The van der Waals surface area contributed by atoms with Crippen molar-refractivity contribution in [3.8, 4) is 0 Å². The Labute approximate surface area is 194 Å². The van der Waals surface area contributed by atoms with Crippen molar-refractivity contribution >= 4 is 34.7 Å². The first-order valence-corrected chi connectivity index (χ1v) is 11.6. The van der Waals surface area contributed by atoms with Gasteiger partial charge in [-0.1, -0.05) is 56.6 Å². The Kier molecular flexibility index (Phi) is 6.29. The summed E-state index contributed by atoms with van der Waals surface area (Å²) in [6.45, 7) is 6.96. The van der Waals surface area contributed by atoms with E-state index in [1.165, 1.54) is 0 Å². The Morgan fingerprint density at radius 1 is 1.16 bits per heavy atom. The Morgan fingerprint density at radius 2 is 1.88 bits per heavy atom. The number of rotatable bonds is 5. The van der Waals surface area contributed by atoms with Crippen LogP contribution in [0.3, 0.4) is 0 Å². The zero-order valence-corrected chi connectivity index (χ0v) is 19.6. The summed E-state index contributed by atoms with van der Waals surface area (Å²) in [5.41, 5.74) is 4.61. The molecule has 2 aromatic carbocycles. The first kappa shape index (κ1) is 22.4. The maximum atomic E-state index is 13.3. The number of benzene rings is 2. The molecule has 1 atom stereocenters. The monoisotopic (exact) mass is 451 g/mol. The standard InChI is InChI=1S/C26H30ClN3O2/c1-4-21-25-20(13-26(2,3)14-23(25)31)29-19-7-5-6-8-22(19)30(21)16-24(32)28-15-17-9-11-18(27)12-10-17/h5-12,21,29H,4,13-16H2,1-3H3,(H,28,32). The number of fused-ring (bicyclic) bond motifs is 1. The molecule has 2 aromatic rings. The van der Waals surface area contributed by atoms with Gasteiger partial charge in [-0.3, -0.25) is 9.59 Å². The lowest BCUT2D eigenvalue weighted by Gasteiger charge is -2.37. The Morgan fingerprint density at radius 3 is 2.59 bits per heavy atom. The second-order valence-electron chi connectivity index (χ2n) is 9.43. The van der Waals surface area contributed by atoms with Crippen molar-refractivity contribution < 1.29 is 9.59 Å². The second-order valence-corrected chi connectivity index (χ2v) is 9.87. The number of carbonyl (C=O) groups excluding carboxylic acids is 2. The molecular weight excluding hydrogens is 422 g/mol. The van der Waals surface area contributed by atoms with Crippen LogP contribution in [0.5, 0.6) is 0 Å². The summed E-state index contributed by atoms with van der Waals surface area (Å²) >= 11 is 5.95. The van der Waals surface area contributed by atoms with Crippen molar-refractivity contribution in [2.24, 2.45) is 5.41 Å². The molecule has 0 saturated heterocycles. The zero-order chi connectivity index (χ0) is 22.9. The minimum Gasteiger partial charge on any atom is -0.357 e. The maximum absolute atomic E-state index is 13.3. The number of nitrogens with zero attached hydrogens (tertiary/aromatic N) is 1. The van der Waals surface area contributed by atoms with Gasteiger partial charge in [0.05, 0.1) is 24.0 Å². The van der Waals surface area contributed by atoms with Crippen LogP contribution >= 0.6 is 11.6 Å². The van der Waals surface area contributed by atoms with Crippen molar-refractivity contribution in [2.45, 2.75) is 52.6 Å². The molecule has 4 rings (SSSR count). The number of amides is 1. The van der Waals surface area contributed by atoms with Gasteiger partial charge in [0.15, 0.2) is 5.78 Å². The molecule has 1 aliphatic carbocycles. The predicted octanol–water partition coefficient (Wildman–Crippen LogP) is 5.31. The number of Topliss-reactive ketones (excluding diaryl/α,β-unsaturated/α-hetero) is 1. The van der Waals surface area contributed by atoms with Gasteiger partial charge in [0, 0.05) is 29.3 Å². The number of allylic oxidation sites excluding steroid dienone is 1. The fraction of sp³-hybridized carbons (Fsp3) is 0.385. The summed E-state index contributed by atoms with van der Waals surface area (Å²) in [6.07, 6.45) is 2.08. The molecule has 6 heteroatoms. The van der Waals surface area contributed by atoms with Crippen LogP contribution in [0.2, 0.25) is 5.02 Å². The Hall–Kier alpha value is -2.79. The minimum atomic E-state index is -0.147. The maximum Gasteiger partial charge on any atom is 0.239 e. The summed E-state index contributed by atoms with van der Waals surface area (Å²) in [5, 5.41) is 7.23. The van der Waals surface area contributed by atoms with Crippen molar-refractivity contribution in [3.63, 3.8) is 0 Å². The minimum absolute atomic E-state index is 0.0821. The lowest BCUT2D eigenvalue weighted by molar-refractivity contribution is -0.120. The smallest absolute Gasteiger partial charge is 0.239 e. The van der Waals surface area contributed by atoms with E-state index in [9.17, 15) is 9.59 Å². The van der Waals surface area contributed by atoms with Crippen LogP contribution < -0.4 is 15.5 Å². The van der Waals surface area contributed by atoms with E-state index in [1.807, 2.05) is 48.5 Å². The van der Waals surface area contributed by atoms with E-state index in [4.69, 9.17) is 11.6 Å². The zero-order valence-electron chi connectivity index (χ0n) is 18.9. The van der Waals surface area contributed by atoms with Crippen LogP contribution in [0.4, 0.5) is 11.4 Å². The third kappa shape index (κ3) is 4.68. The van der Waals surface area contributed by atoms with E-state index in [2.05, 4.69) is 36.3 Å². The van der Waals surface area contributed by atoms with Crippen molar-refractivity contribution in [2.75, 3.05) is 16.8 Å². The van der Waals surface area contributed by atoms with Crippen LogP contribution in [0.15, 0.2) is 59.8 Å². The van der Waals surface area contributed by atoms with E-state index in [0.29, 0.717) is 18.0 Å². The highest BCUT2D eigenvalue weighted by molar-refractivity contribution is 6.30. The van der Waals surface area contributed by atoms with E-state index in [1.54, 1.807) is 0 Å². The molecule has 1 amide bonds. The third-order valence-electron chi connectivity index (χ3n) is 6.23. The van der Waals surface area contributed by atoms with Crippen molar-refractivity contribution in [1.82, 2.24) is 5.32 Å². The van der Waals surface area contributed by atoms with Crippen molar-refractivity contribution in [3.05, 3.63) is 70.4 Å². The van der Waals surface area contributed by atoms with Gasteiger partial charge < -0.3 is 15.5 Å². The fourth-order valence-corrected chi connectivity index (χ4v) is 4.91. The molecule has 1 heterocycles. The molecule has 168 valence electrons. The number of nitrogens with one attached hydrogen (secondary N) is 2. The van der Waals surface area contributed by atoms with E-state index >= 15 is 0 Å². The molecule has 0 fully saturated rings. The summed E-state index contributed by atoms with van der Waals surface area (Å²) in [5.74, 6) is 0.0934. The largest absolute Gasteiger partial charge is 0.357 e. The average molecular weight is 452 g/mol. The summed E-state index contributed by atoms with van der Waals surface area (Å²) in [7, 11) is 0. The van der Waals surface area contributed by atoms with Gasteiger partial charge in [0.2, 0.25) is 5.91 Å². The molecule has 2 aliphatic rings. The molecule has 0 bridgehead atoms.